The molecule has 5 aliphatic rings. The van der Waals surface area contributed by atoms with Gasteiger partial charge in [0.15, 0.2) is 0 Å². The van der Waals surface area contributed by atoms with Crippen molar-refractivity contribution in [2.24, 2.45) is 10.8 Å². The maximum Gasteiger partial charge on any atom is 0.262 e. The molecule has 59 heavy (non-hydrogen) atoms. The normalized spacial score (nSPS) is 24.5. The highest BCUT2D eigenvalue weighted by atomic mass is 35.5. The third kappa shape index (κ3) is 7.53. The first kappa shape index (κ1) is 40.3. The average Bonchev–Trinajstić information content (AvgIpc) is 3.47. The third-order valence-corrected chi connectivity index (χ3v) is 13.6. The van der Waals surface area contributed by atoms with E-state index in [1.54, 1.807) is 30.3 Å². The zero-order valence-electron chi connectivity index (χ0n) is 33.8. The number of fused-ring (bicyclic) bond motifs is 1. The fourth-order valence-corrected chi connectivity index (χ4v) is 10.5. The van der Waals surface area contributed by atoms with E-state index in [-0.39, 0.29) is 41.7 Å². The molecular formula is C45H50ClN7O6. The van der Waals surface area contributed by atoms with E-state index in [1.165, 1.54) is 0 Å². The lowest BCUT2D eigenvalue weighted by Gasteiger charge is -2.63. The van der Waals surface area contributed by atoms with Crippen molar-refractivity contribution in [3.8, 4) is 11.8 Å². The topological polar surface area (TPSA) is 164 Å². The van der Waals surface area contributed by atoms with Crippen molar-refractivity contribution < 1.29 is 28.7 Å². The van der Waals surface area contributed by atoms with E-state index in [0.29, 0.717) is 45.1 Å². The van der Waals surface area contributed by atoms with Gasteiger partial charge in [0.05, 0.1) is 21.7 Å². The predicted molar refractivity (Wildman–Crippen MR) is 222 cm³/mol. The maximum absolute atomic E-state index is 13.5. The highest BCUT2D eigenvalue weighted by molar-refractivity contribution is 6.31. The van der Waals surface area contributed by atoms with Crippen LogP contribution in [0.2, 0.25) is 5.02 Å². The van der Waals surface area contributed by atoms with E-state index in [4.69, 9.17) is 16.3 Å². The van der Waals surface area contributed by atoms with Crippen LogP contribution in [0.5, 0.6) is 5.75 Å². The SMILES string of the molecule is CC1(C)[C@H](NC(=O)c2ccc(NC3CCN(C4CCN(c5ccc6c(c5)C(=O)N(C5CCC(=O)NC5=O)C6=O)CC4)CC3)cc2)C(C)(C)[C@H]1Oc1ccc(C#N)c(Cl)c1. The Bertz CT molecular complexity index is 2220. The van der Waals surface area contributed by atoms with E-state index in [1.807, 2.05) is 30.3 Å². The van der Waals surface area contributed by atoms with Crippen LogP contribution in [-0.2, 0) is 9.59 Å². The molecule has 0 radical (unpaired) electrons. The number of anilines is 2. The van der Waals surface area contributed by atoms with E-state index in [9.17, 15) is 29.2 Å². The zero-order chi connectivity index (χ0) is 41.8. The van der Waals surface area contributed by atoms with Crippen molar-refractivity contribution in [1.82, 2.24) is 20.4 Å². The number of likely N-dealkylation sites (tertiary alicyclic amines) is 1. The fourth-order valence-electron chi connectivity index (χ4n) is 10.3. The molecule has 14 heteroatoms. The number of rotatable bonds is 9. The van der Waals surface area contributed by atoms with Crippen LogP contribution >= 0.6 is 11.6 Å². The van der Waals surface area contributed by atoms with Crippen molar-refractivity contribution in [3.05, 3.63) is 87.9 Å². The number of halogens is 1. The fraction of sp³-hybridized carbons (Fsp3) is 0.467. The van der Waals surface area contributed by atoms with Crippen LogP contribution < -0.4 is 25.6 Å². The maximum atomic E-state index is 13.5. The van der Waals surface area contributed by atoms with Crippen LogP contribution in [-0.4, -0.2) is 95.8 Å². The van der Waals surface area contributed by atoms with Gasteiger partial charge in [-0.1, -0.05) is 39.3 Å². The molecule has 3 N–H and O–H groups in total. The number of hydrogen-bond acceptors (Lipinski definition) is 10. The van der Waals surface area contributed by atoms with E-state index < -0.39 is 29.7 Å². The standard InChI is InChI=1S/C45H50ClN7O6/c1-44(2)42(45(3,4)43(44)59-32-11-7-27(25-47)35(46)24-32)50-38(55)26-5-8-28(9-6-26)48-29-15-19-51(20-16-29)30-17-21-52(22-18-30)31-10-12-33-34(23-31)41(58)53(40(33)57)36-13-14-37(54)49-39(36)56/h5-12,23-24,29-30,36,42-43,48H,13-22H2,1-4H3,(H,50,55)(H,49,54,56)/t36?,42-,43-. The first-order chi connectivity index (χ1) is 28.1. The number of ether oxygens (including phenoxy) is 1. The van der Waals surface area contributed by atoms with Gasteiger partial charge in [0, 0.05) is 84.6 Å². The number of nitriles is 1. The molecule has 3 aromatic rings. The average molecular weight is 820 g/mol. The molecule has 4 aliphatic heterocycles. The highest BCUT2D eigenvalue weighted by Gasteiger charge is 2.64. The first-order valence-corrected chi connectivity index (χ1v) is 20.9. The molecule has 0 aromatic heterocycles. The van der Waals surface area contributed by atoms with Gasteiger partial charge < -0.3 is 25.2 Å². The summed E-state index contributed by atoms with van der Waals surface area (Å²) in [4.78, 5) is 69.9. The molecule has 4 heterocycles. The molecule has 3 aromatic carbocycles. The lowest BCUT2D eigenvalue weighted by molar-refractivity contribution is -0.164. The second kappa shape index (κ2) is 15.6. The number of nitrogens with zero attached hydrogens (tertiary/aromatic N) is 4. The van der Waals surface area contributed by atoms with E-state index in [2.05, 4.69) is 59.5 Å². The minimum absolute atomic E-state index is 0.0899. The molecule has 13 nitrogen and oxygen atoms in total. The Labute approximate surface area is 349 Å². The van der Waals surface area contributed by atoms with E-state index >= 15 is 0 Å². The Morgan fingerprint density at radius 2 is 1.53 bits per heavy atom. The van der Waals surface area contributed by atoms with Crippen LogP contribution in [0.1, 0.15) is 103 Å². The van der Waals surface area contributed by atoms with Gasteiger partial charge in [0.25, 0.3) is 17.7 Å². The Balaban J connectivity index is 0.789. The van der Waals surface area contributed by atoms with Gasteiger partial charge in [0.1, 0.15) is 24.0 Å². The minimum atomic E-state index is -0.975. The third-order valence-electron chi connectivity index (χ3n) is 13.2. The molecule has 3 saturated heterocycles. The van der Waals surface area contributed by atoms with Gasteiger partial charge in [-0.3, -0.25) is 34.2 Å². The molecule has 0 bridgehead atoms. The number of amides is 5. The molecule has 0 spiro atoms. The quantitative estimate of drug-likeness (QED) is 0.226. The van der Waals surface area contributed by atoms with Crippen LogP contribution in [0.3, 0.4) is 0 Å². The minimum Gasteiger partial charge on any atom is -0.489 e. The number of benzene rings is 3. The molecular weight excluding hydrogens is 770 g/mol. The van der Waals surface area contributed by atoms with E-state index in [0.717, 1.165) is 68.1 Å². The number of piperidine rings is 3. The van der Waals surface area contributed by atoms with Crippen LogP contribution in [0.25, 0.3) is 0 Å². The van der Waals surface area contributed by atoms with Crippen molar-refractivity contribution in [2.75, 3.05) is 36.4 Å². The van der Waals surface area contributed by atoms with Gasteiger partial charge in [-0.2, -0.15) is 5.26 Å². The molecule has 1 saturated carbocycles. The lowest BCUT2D eigenvalue weighted by Crippen LogP contribution is -2.74. The van der Waals surface area contributed by atoms with Gasteiger partial charge >= 0.3 is 0 Å². The molecule has 5 amide bonds. The van der Waals surface area contributed by atoms with Crippen LogP contribution in [0, 0.1) is 22.2 Å². The van der Waals surface area contributed by atoms with Crippen molar-refractivity contribution in [3.63, 3.8) is 0 Å². The second-order valence-electron chi connectivity index (χ2n) is 17.7. The molecule has 1 unspecified atom stereocenters. The molecule has 8 rings (SSSR count). The van der Waals surface area contributed by atoms with Gasteiger partial charge in [-0.15, -0.1) is 0 Å². The number of carbonyl (C=O) groups is 5. The number of carbonyl (C=O) groups excluding carboxylic acids is 5. The zero-order valence-corrected chi connectivity index (χ0v) is 34.6. The Morgan fingerprint density at radius 1 is 0.847 bits per heavy atom. The summed E-state index contributed by atoms with van der Waals surface area (Å²) < 4.78 is 6.38. The summed E-state index contributed by atoms with van der Waals surface area (Å²) in [6, 6.07) is 19.9. The lowest BCUT2D eigenvalue weighted by atomic mass is 9.49. The summed E-state index contributed by atoms with van der Waals surface area (Å²) in [5, 5.41) is 18.8. The number of nitrogens with one attached hydrogen (secondary N) is 3. The summed E-state index contributed by atoms with van der Waals surface area (Å²) in [6.07, 6.45) is 4.04. The van der Waals surface area contributed by atoms with Gasteiger partial charge in [0.2, 0.25) is 11.8 Å². The highest BCUT2D eigenvalue weighted by Crippen LogP contribution is 2.55. The smallest absolute Gasteiger partial charge is 0.262 e. The summed E-state index contributed by atoms with van der Waals surface area (Å²) in [5.41, 5.74) is 2.76. The summed E-state index contributed by atoms with van der Waals surface area (Å²) in [7, 11) is 0. The number of hydrogen-bond donors (Lipinski definition) is 3. The van der Waals surface area contributed by atoms with Crippen LogP contribution in [0.15, 0.2) is 60.7 Å². The predicted octanol–water partition coefficient (Wildman–Crippen LogP) is 5.77. The first-order valence-electron chi connectivity index (χ1n) is 20.5. The monoisotopic (exact) mass is 819 g/mol. The van der Waals surface area contributed by atoms with Gasteiger partial charge in [-0.05, 0) is 86.7 Å². The second-order valence-corrected chi connectivity index (χ2v) is 18.1. The number of imide groups is 2. The van der Waals surface area contributed by atoms with Gasteiger partial charge in [-0.25, -0.2) is 0 Å². The summed E-state index contributed by atoms with van der Waals surface area (Å²) >= 11 is 6.25. The molecule has 1 atom stereocenters. The Kier molecular flexibility index (Phi) is 10.7. The summed E-state index contributed by atoms with van der Waals surface area (Å²) in [6.45, 7) is 12.0. The summed E-state index contributed by atoms with van der Waals surface area (Å²) in [5.74, 6) is -1.51. The largest absolute Gasteiger partial charge is 0.489 e. The Morgan fingerprint density at radius 3 is 2.17 bits per heavy atom. The molecule has 1 aliphatic carbocycles. The van der Waals surface area contributed by atoms with Crippen molar-refractivity contribution in [1.29, 1.82) is 5.26 Å². The molecule has 308 valence electrons. The Hall–Kier alpha value is -5.45. The van der Waals surface area contributed by atoms with Crippen LogP contribution in [0.4, 0.5) is 11.4 Å². The molecule has 4 fully saturated rings. The van der Waals surface area contributed by atoms with Crippen molar-refractivity contribution in [2.45, 2.75) is 96.5 Å². The van der Waals surface area contributed by atoms with Crippen molar-refractivity contribution >= 4 is 52.5 Å².